The fourth-order valence-electron chi connectivity index (χ4n) is 5.30. The average molecular weight is 586 g/mol. The Kier molecular flexibility index (Phi) is 8.57. The molecule has 43 heavy (non-hydrogen) atoms. The van der Waals surface area contributed by atoms with Gasteiger partial charge in [-0.25, -0.2) is 0 Å². The zero-order valence-electron chi connectivity index (χ0n) is 24.0. The van der Waals surface area contributed by atoms with Gasteiger partial charge >= 0.3 is 5.97 Å². The number of fused-ring (bicyclic) bond motifs is 2. The van der Waals surface area contributed by atoms with Crippen LogP contribution in [0.1, 0.15) is 24.0 Å². The molecule has 5 aromatic rings. The lowest BCUT2D eigenvalue weighted by molar-refractivity contribution is -0.662. The van der Waals surface area contributed by atoms with E-state index in [2.05, 4.69) is 120 Å². The van der Waals surface area contributed by atoms with Crippen molar-refractivity contribution < 1.29 is 19.2 Å². The largest absolute Gasteiger partial charge is 0.494 e. The SMILES string of the molecule is CN1C(=CC=Cc2cc[n+](Cc3cccc(OCCCC(=O)O)c3)c3ccccc23)Sc2cc(-c3ccccc3)ccc21. The van der Waals surface area contributed by atoms with Crippen molar-refractivity contribution in [2.24, 2.45) is 0 Å². The first-order chi connectivity index (χ1) is 21.0. The Balaban J connectivity index is 1.18. The maximum absolute atomic E-state index is 10.8. The van der Waals surface area contributed by atoms with Crippen molar-refractivity contribution in [2.75, 3.05) is 18.6 Å². The number of benzene rings is 4. The molecule has 0 unspecified atom stereocenters. The highest BCUT2D eigenvalue weighted by Crippen LogP contribution is 2.46. The maximum atomic E-state index is 10.8. The van der Waals surface area contributed by atoms with Crippen LogP contribution in [-0.2, 0) is 11.3 Å². The second-order valence-electron chi connectivity index (χ2n) is 10.5. The first-order valence-electron chi connectivity index (χ1n) is 14.4. The topological polar surface area (TPSA) is 53.7 Å². The molecule has 1 N–H and O–H groups in total. The summed E-state index contributed by atoms with van der Waals surface area (Å²) in [4.78, 5) is 14.3. The van der Waals surface area contributed by atoms with Gasteiger partial charge < -0.3 is 14.7 Å². The van der Waals surface area contributed by atoms with E-state index in [0.717, 1.165) is 22.4 Å². The molecular weight excluding hydrogens is 552 g/mol. The predicted octanol–water partition coefficient (Wildman–Crippen LogP) is 8.18. The van der Waals surface area contributed by atoms with E-state index in [-0.39, 0.29) is 6.42 Å². The number of hydrogen-bond donors (Lipinski definition) is 1. The lowest BCUT2D eigenvalue weighted by atomic mass is 10.1. The summed E-state index contributed by atoms with van der Waals surface area (Å²) in [5.41, 5.74) is 7.12. The molecule has 1 aliphatic rings. The molecule has 0 spiro atoms. The summed E-state index contributed by atoms with van der Waals surface area (Å²) in [6.45, 7) is 1.09. The Morgan fingerprint density at radius 1 is 0.930 bits per heavy atom. The average Bonchev–Trinajstić information content (AvgIpc) is 3.35. The standard InChI is InChI=1S/C37H32N2O3S/c1-38-34-20-19-30(28-11-3-2-4-12-28)25-35(34)43-36(38)17-8-13-29-21-22-39(33-16-6-5-15-32(29)33)26-27-10-7-14-31(24-27)42-23-9-18-37(40)41/h2-8,10-17,19-22,24-25H,9,18,23,26H2,1H3/p+1. The van der Waals surface area contributed by atoms with E-state index in [4.69, 9.17) is 9.84 Å². The van der Waals surface area contributed by atoms with E-state index in [1.165, 1.54) is 32.1 Å². The molecule has 2 heterocycles. The summed E-state index contributed by atoms with van der Waals surface area (Å²) in [6.07, 6.45) is 9.23. The molecule has 1 aliphatic heterocycles. The van der Waals surface area contributed by atoms with Gasteiger partial charge in [0.2, 0.25) is 5.52 Å². The maximum Gasteiger partial charge on any atom is 0.303 e. The fraction of sp³-hybridized carbons (Fsp3) is 0.135. The van der Waals surface area contributed by atoms with Crippen LogP contribution >= 0.6 is 11.8 Å². The molecule has 6 rings (SSSR count). The van der Waals surface area contributed by atoms with Gasteiger partial charge in [-0.15, -0.1) is 0 Å². The molecule has 0 fully saturated rings. The van der Waals surface area contributed by atoms with E-state index in [9.17, 15) is 4.79 Å². The van der Waals surface area contributed by atoms with E-state index in [0.29, 0.717) is 19.6 Å². The van der Waals surface area contributed by atoms with E-state index in [1.54, 1.807) is 11.8 Å². The quantitative estimate of drug-likeness (QED) is 0.132. The van der Waals surface area contributed by atoms with Crippen LogP contribution in [0.5, 0.6) is 5.75 Å². The van der Waals surface area contributed by atoms with Gasteiger partial charge in [0.1, 0.15) is 5.75 Å². The molecule has 0 saturated carbocycles. The normalized spacial score (nSPS) is 13.6. The lowest BCUT2D eigenvalue weighted by Gasteiger charge is -2.13. The van der Waals surface area contributed by atoms with Crippen molar-refractivity contribution >= 4 is 40.4 Å². The molecule has 1 aromatic heterocycles. The molecule has 214 valence electrons. The number of rotatable bonds is 10. The van der Waals surface area contributed by atoms with Crippen LogP contribution in [0, 0.1) is 0 Å². The third kappa shape index (κ3) is 6.65. The van der Waals surface area contributed by atoms with Gasteiger partial charge in [0.25, 0.3) is 0 Å². The van der Waals surface area contributed by atoms with Gasteiger partial charge in [0, 0.05) is 36.1 Å². The Morgan fingerprint density at radius 2 is 1.77 bits per heavy atom. The van der Waals surface area contributed by atoms with Crippen LogP contribution in [0.4, 0.5) is 5.69 Å². The molecule has 0 radical (unpaired) electrons. The first kappa shape index (κ1) is 28.3. The van der Waals surface area contributed by atoms with Crippen molar-refractivity contribution in [3.05, 3.63) is 138 Å². The van der Waals surface area contributed by atoms with Crippen molar-refractivity contribution in [3.8, 4) is 16.9 Å². The molecule has 0 atom stereocenters. The van der Waals surface area contributed by atoms with Crippen LogP contribution in [0.3, 0.4) is 0 Å². The van der Waals surface area contributed by atoms with Crippen molar-refractivity contribution in [1.82, 2.24) is 0 Å². The molecule has 0 aliphatic carbocycles. The summed E-state index contributed by atoms with van der Waals surface area (Å²) in [5.74, 6) is -0.0443. The van der Waals surface area contributed by atoms with Gasteiger partial charge in [0.05, 0.1) is 22.7 Å². The number of aliphatic carboxylic acids is 1. The molecule has 0 bridgehead atoms. The van der Waals surface area contributed by atoms with E-state index >= 15 is 0 Å². The highest BCUT2D eigenvalue weighted by Gasteiger charge is 2.22. The highest BCUT2D eigenvalue weighted by molar-refractivity contribution is 8.03. The molecule has 0 saturated heterocycles. The second-order valence-corrected chi connectivity index (χ2v) is 11.5. The minimum Gasteiger partial charge on any atom is -0.494 e. The number of carboxylic acid groups (broad SMARTS) is 1. The fourth-order valence-corrected chi connectivity index (χ4v) is 6.40. The summed E-state index contributed by atoms with van der Waals surface area (Å²) in [6, 6.07) is 35.8. The Labute approximate surface area is 256 Å². The van der Waals surface area contributed by atoms with Crippen LogP contribution in [0.15, 0.2) is 131 Å². The number of aromatic nitrogens is 1. The van der Waals surface area contributed by atoms with Gasteiger partial charge in [-0.05, 0) is 59.5 Å². The van der Waals surface area contributed by atoms with Crippen LogP contribution in [0.2, 0.25) is 0 Å². The molecule has 4 aromatic carbocycles. The number of ether oxygens (including phenoxy) is 1. The number of para-hydroxylation sites is 1. The number of pyridine rings is 1. The summed E-state index contributed by atoms with van der Waals surface area (Å²) in [5, 5.41) is 11.2. The summed E-state index contributed by atoms with van der Waals surface area (Å²) < 4.78 is 8.04. The third-order valence-corrected chi connectivity index (χ3v) is 8.67. The highest BCUT2D eigenvalue weighted by atomic mass is 32.2. The number of carbonyl (C=O) groups is 1. The lowest BCUT2D eigenvalue weighted by Crippen LogP contribution is -2.34. The van der Waals surface area contributed by atoms with Crippen molar-refractivity contribution in [2.45, 2.75) is 24.3 Å². The number of thioether (sulfide) groups is 1. The number of anilines is 1. The van der Waals surface area contributed by atoms with Gasteiger partial charge in [-0.1, -0.05) is 84.6 Å². The van der Waals surface area contributed by atoms with E-state index < -0.39 is 5.97 Å². The predicted molar refractivity (Wildman–Crippen MR) is 175 cm³/mol. The van der Waals surface area contributed by atoms with Crippen molar-refractivity contribution in [3.63, 3.8) is 0 Å². The Bertz CT molecular complexity index is 1830. The number of carboxylic acids is 1. The molecular formula is C37H33N2O3S+. The van der Waals surface area contributed by atoms with E-state index in [1.807, 2.05) is 24.3 Å². The molecule has 6 heteroatoms. The zero-order valence-corrected chi connectivity index (χ0v) is 24.8. The third-order valence-electron chi connectivity index (χ3n) is 7.50. The van der Waals surface area contributed by atoms with Gasteiger partial charge in [0.15, 0.2) is 12.7 Å². The Hall–Kier alpha value is -4.81. The van der Waals surface area contributed by atoms with Crippen LogP contribution in [-0.4, -0.2) is 24.7 Å². The summed E-state index contributed by atoms with van der Waals surface area (Å²) in [7, 11) is 2.12. The molecule has 0 amide bonds. The minimum atomic E-state index is -0.802. The monoisotopic (exact) mass is 585 g/mol. The number of allylic oxidation sites excluding steroid dienone is 2. The number of hydrogen-bond acceptors (Lipinski definition) is 4. The first-order valence-corrected chi connectivity index (χ1v) is 15.2. The number of nitrogens with zero attached hydrogens (tertiary/aromatic N) is 2. The molecule has 5 nitrogen and oxygen atoms in total. The summed E-state index contributed by atoms with van der Waals surface area (Å²) >= 11 is 1.80. The second kappa shape index (κ2) is 13.0. The smallest absolute Gasteiger partial charge is 0.303 e. The van der Waals surface area contributed by atoms with Crippen LogP contribution < -0.4 is 14.2 Å². The minimum absolute atomic E-state index is 0.109. The zero-order chi connectivity index (χ0) is 29.6. The van der Waals surface area contributed by atoms with Crippen LogP contribution in [0.25, 0.3) is 28.1 Å². The van der Waals surface area contributed by atoms with Gasteiger partial charge in [-0.2, -0.15) is 4.57 Å². The van der Waals surface area contributed by atoms with Crippen molar-refractivity contribution in [1.29, 1.82) is 0 Å². The van der Waals surface area contributed by atoms with Gasteiger partial charge in [-0.3, -0.25) is 4.79 Å². The Morgan fingerprint density at radius 3 is 2.63 bits per heavy atom.